The van der Waals surface area contributed by atoms with Gasteiger partial charge in [-0.15, -0.1) is 0 Å². The quantitative estimate of drug-likeness (QED) is 0.724. The molecule has 98 valence electrons. The van der Waals surface area contributed by atoms with E-state index >= 15 is 0 Å². The van der Waals surface area contributed by atoms with E-state index in [0.29, 0.717) is 6.42 Å². The van der Waals surface area contributed by atoms with Crippen LogP contribution in [0.1, 0.15) is 37.9 Å². The number of benzene rings is 1. The van der Waals surface area contributed by atoms with E-state index in [0.717, 1.165) is 18.4 Å². The van der Waals surface area contributed by atoms with Crippen molar-refractivity contribution in [3.8, 4) is 0 Å². The van der Waals surface area contributed by atoms with Crippen LogP contribution in [0.4, 0.5) is 0 Å². The average molecular weight is 246 g/mol. The fourth-order valence-corrected chi connectivity index (χ4v) is 1.74. The van der Waals surface area contributed by atoms with Gasteiger partial charge in [-0.2, -0.15) is 0 Å². The van der Waals surface area contributed by atoms with Crippen LogP contribution in [-0.4, -0.2) is 16.3 Å². The average Bonchev–Trinajstić information content (AvgIpc) is 2.39. The number of rotatable bonds is 7. The zero-order chi connectivity index (χ0) is 13.2. The van der Waals surface area contributed by atoms with Crippen molar-refractivity contribution in [3.63, 3.8) is 0 Å². The summed E-state index contributed by atoms with van der Waals surface area (Å²) in [4.78, 5) is 0. The van der Waals surface area contributed by atoms with Gasteiger partial charge in [0.15, 0.2) is 0 Å². The molecule has 2 N–H and O–H groups in total. The van der Waals surface area contributed by atoms with Crippen LogP contribution in [-0.2, 0) is 0 Å². The van der Waals surface area contributed by atoms with Gasteiger partial charge >= 0.3 is 0 Å². The molecule has 1 aromatic rings. The van der Waals surface area contributed by atoms with Gasteiger partial charge in [-0.05, 0) is 31.7 Å². The van der Waals surface area contributed by atoms with Gasteiger partial charge in [-0.3, -0.25) is 0 Å². The Morgan fingerprint density at radius 2 is 1.83 bits per heavy atom. The number of aliphatic hydroxyl groups is 2. The molecule has 0 radical (unpaired) electrons. The van der Waals surface area contributed by atoms with Crippen molar-refractivity contribution in [1.82, 2.24) is 0 Å². The summed E-state index contributed by atoms with van der Waals surface area (Å²) in [5.74, 6) is 0. The van der Waals surface area contributed by atoms with Gasteiger partial charge in [0.2, 0.25) is 0 Å². The Balaban J connectivity index is 2.24. The molecule has 18 heavy (non-hydrogen) atoms. The third kappa shape index (κ3) is 5.80. The van der Waals surface area contributed by atoms with E-state index in [1.54, 1.807) is 6.08 Å². The standard InChI is InChI=1S/C16H22O2/c1-2-9-15(17)12-7-4-8-13-16(18)14-10-5-3-6-11-14/h2-6,8-11,15-18H,7,12-13H2,1H3/b8-4-,9-2+/t15-,16+/m0/s1. The highest BCUT2D eigenvalue weighted by molar-refractivity contribution is 5.17. The van der Waals surface area contributed by atoms with Crippen LogP contribution in [0.25, 0.3) is 0 Å². The molecule has 0 unspecified atom stereocenters. The van der Waals surface area contributed by atoms with Crippen LogP contribution >= 0.6 is 0 Å². The van der Waals surface area contributed by atoms with Crippen molar-refractivity contribution < 1.29 is 10.2 Å². The van der Waals surface area contributed by atoms with Gasteiger partial charge in [-0.25, -0.2) is 0 Å². The molecule has 0 spiro atoms. The summed E-state index contributed by atoms with van der Waals surface area (Å²) >= 11 is 0. The zero-order valence-corrected chi connectivity index (χ0v) is 10.9. The molecule has 0 aliphatic carbocycles. The molecule has 0 aliphatic heterocycles. The van der Waals surface area contributed by atoms with Crippen LogP contribution in [0.5, 0.6) is 0 Å². The number of allylic oxidation sites excluding steroid dienone is 2. The van der Waals surface area contributed by atoms with E-state index in [1.165, 1.54) is 0 Å². The molecule has 0 fully saturated rings. The Labute approximate surface area is 109 Å². The van der Waals surface area contributed by atoms with Crippen LogP contribution in [0, 0.1) is 0 Å². The highest BCUT2D eigenvalue weighted by Crippen LogP contribution is 2.16. The van der Waals surface area contributed by atoms with Crippen molar-refractivity contribution in [3.05, 3.63) is 60.2 Å². The minimum absolute atomic E-state index is 0.362. The normalized spacial score (nSPS) is 15.3. The Morgan fingerprint density at radius 3 is 2.50 bits per heavy atom. The second-order valence-corrected chi connectivity index (χ2v) is 4.30. The molecule has 0 heterocycles. The third-order valence-electron chi connectivity index (χ3n) is 2.75. The summed E-state index contributed by atoms with van der Waals surface area (Å²) in [7, 11) is 0. The van der Waals surface area contributed by atoms with Gasteiger partial charge in [0.1, 0.15) is 0 Å². The molecule has 1 aromatic carbocycles. The smallest absolute Gasteiger partial charge is 0.0824 e. The lowest BCUT2D eigenvalue weighted by Crippen LogP contribution is -2.00. The minimum Gasteiger partial charge on any atom is -0.389 e. The van der Waals surface area contributed by atoms with E-state index in [-0.39, 0.29) is 6.10 Å². The zero-order valence-electron chi connectivity index (χ0n) is 10.9. The molecule has 0 amide bonds. The molecule has 2 heteroatoms. The lowest BCUT2D eigenvalue weighted by atomic mass is 10.1. The topological polar surface area (TPSA) is 40.5 Å². The molecule has 0 saturated carbocycles. The maximum absolute atomic E-state index is 9.90. The summed E-state index contributed by atoms with van der Waals surface area (Å²) in [6.45, 7) is 1.90. The number of hydrogen-bond donors (Lipinski definition) is 2. The Hall–Kier alpha value is -1.38. The SMILES string of the molecule is C/C=C/[C@H](O)CC/C=C\C[C@@H](O)c1ccccc1. The summed E-state index contributed by atoms with van der Waals surface area (Å²) < 4.78 is 0. The van der Waals surface area contributed by atoms with Crippen LogP contribution < -0.4 is 0 Å². The highest BCUT2D eigenvalue weighted by Gasteiger charge is 2.03. The van der Waals surface area contributed by atoms with E-state index in [2.05, 4.69) is 0 Å². The van der Waals surface area contributed by atoms with Crippen LogP contribution in [0.3, 0.4) is 0 Å². The molecule has 2 nitrogen and oxygen atoms in total. The van der Waals surface area contributed by atoms with Crippen molar-refractivity contribution in [2.24, 2.45) is 0 Å². The van der Waals surface area contributed by atoms with E-state index in [4.69, 9.17) is 0 Å². The van der Waals surface area contributed by atoms with Crippen molar-refractivity contribution in [2.75, 3.05) is 0 Å². The molecular weight excluding hydrogens is 224 g/mol. The molecule has 0 aromatic heterocycles. The Kier molecular flexibility index (Phi) is 7.07. The number of aliphatic hydroxyl groups excluding tert-OH is 2. The monoisotopic (exact) mass is 246 g/mol. The van der Waals surface area contributed by atoms with Gasteiger partial charge in [0.05, 0.1) is 12.2 Å². The van der Waals surface area contributed by atoms with Crippen LogP contribution in [0.15, 0.2) is 54.6 Å². The van der Waals surface area contributed by atoms with E-state index < -0.39 is 6.10 Å². The Morgan fingerprint density at radius 1 is 1.11 bits per heavy atom. The number of hydrogen-bond acceptors (Lipinski definition) is 2. The van der Waals surface area contributed by atoms with Gasteiger partial charge in [-0.1, -0.05) is 54.6 Å². The largest absolute Gasteiger partial charge is 0.389 e. The van der Waals surface area contributed by atoms with Gasteiger partial charge in [0, 0.05) is 0 Å². The minimum atomic E-state index is -0.442. The summed E-state index contributed by atoms with van der Waals surface area (Å²) in [6, 6.07) is 9.64. The third-order valence-corrected chi connectivity index (χ3v) is 2.75. The second-order valence-electron chi connectivity index (χ2n) is 4.30. The first-order valence-electron chi connectivity index (χ1n) is 6.43. The molecule has 0 saturated heterocycles. The summed E-state index contributed by atoms with van der Waals surface area (Å²) in [5.41, 5.74) is 0.941. The molecule has 0 aliphatic rings. The first-order chi connectivity index (χ1) is 8.74. The maximum Gasteiger partial charge on any atom is 0.0824 e. The summed E-state index contributed by atoms with van der Waals surface area (Å²) in [6.07, 6.45) is 8.99. The van der Waals surface area contributed by atoms with Gasteiger partial charge in [0.25, 0.3) is 0 Å². The van der Waals surface area contributed by atoms with Crippen molar-refractivity contribution in [2.45, 2.75) is 38.4 Å². The fourth-order valence-electron chi connectivity index (χ4n) is 1.74. The summed E-state index contributed by atoms with van der Waals surface area (Å²) in [5, 5.41) is 19.4. The Bertz CT molecular complexity index is 368. The van der Waals surface area contributed by atoms with Crippen molar-refractivity contribution in [1.29, 1.82) is 0 Å². The second kappa shape index (κ2) is 8.67. The van der Waals surface area contributed by atoms with Crippen molar-refractivity contribution >= 4 is 0 Å². The molecule has 2 atom stereocenters. The fraction of sp³-hybridized carbons (Fsp3) is 0.375. The van der Waals surface area contributed by atoms with E-state index in [9.17, 15) is 10.2 Å². The molecular formula is C16H22O2. The molecule has 1 rings (SSSR count). The van der Waals surface area contributed by atoms with E-state index in [1.807, 2.05) is 55.5 Å². The first-order valence-corrected chi connectivity index (χ1v) is 6.43. The molecule has 0 bridgehead atoms. The predicted octanol–water partition coefficient (Wildman–Crippen LogP) is 3.38. The van der Waals surface area contributed by atoms with Gasteiger partial charge < -0.3 is 10.2 Å². The predicted molar refractivity (Wildman–Crippen MR) is 75.2 cm³/mol. The maximum atomic E-state index is 9.90. The lowest BCUT2D eigenvalue weighted by Gasteiger charge is -2.07. The highest BCUT2D eigenvalue weighted by atomic mass is 16.3. The lowest BCUT2D eigenvalue weighted by molar-refractivity contribution is 0.181. The van der Waals surface area contributed by atoms with Crippen LogP contribution in [0.2, 0.25) is 0 Å². The first kappa shape index (κ1) is 14.7.